The molecule has 122 valence electrons. The summed E-state index contributed by atoms with van der Waals surface area (Å²) in [4.78, 5) is 16.6. The van der Waals surface area contributed by atoms with Crippen molar-refractivity contribution in [3.63, 3.8) is 0 Å². The number of hydrogen-bond donors (Lipinski definition) is 1. The topological polar surface area (TPSA) is 69.0 Å². The van der Waals surface area contributed by atoms with Gasteiger partial charge in [0.15, 0.2) is 5.75 Å². The molecule has 6 heteroatoms. The number of aryl methyl sites for hydroxylation is 1. The number of hydrogen-bond acceptors (Lipinski definition) is 4. The molecule has 1 fully saturated rings. The van der Waals surface area contributed by atoms with Crippen molar-refractivity contribution in [2.75, 3.05) is 5.32 Å². The monoisotopic (exact) mass is 314 g/mol. The molecule has 23 heavy (non-hydrogen) atoms. The SMILES string of the molecule is Cn1cc(Oc2ccc(NC(=O)C3C(C)(C)C3(C)C)nc2)cn1. The van der Waals surface area contributed by atoms with Gasteiger partial charge in [0.2, 0.25) is 5.91 Å². The second-order valence-corrected chi connectivity index (χ2v) is 7.20. The predicted octanol–water partition coefficient (Wildman–Crippen LogP) is 3.23. The first-order valence-corrected chi connectivity index (χ1v) is 7.65. The smallest absolute Gasteiger partial charge is 0.229 e. The van der Waals surface area contributed by atoms with E-state index in [4.69, 9.17) is 4.74 Å². The van der Waals surface area contributed by atoms with E-state index in [1.807, 2.05) is 7.05 Å². The number of carbonyl (C=O) groups is 1. The minimum Gasteiger partial charge on any atom is -0.452 e. The van der Waals surface area contributed by atoms with Crippen LogP contribution in [-0.4, -0.2) is 20.7 Å². The summed E-state index contributed by atoms with van der Waals surface area (Å²) in [6, 6.07) is 3.52. The van der Waals surface area contributed by atoms with Crippen LogP contribution < -0.4 is 10.1 Å². The number of rotatable bonds is 4. The van der Waals surface area contributed by atoms with Crippen LogP contribution in [0.3, 0.4) is 0 Å². The maximum absolute atomic E-state index is 12.4. The van der Waals surface area contributed by atoms with Gasteiger partial charge >= 0.3 is 0 Å². The Labute approximate surface area is 135 Å². The van der Waals surface area contributed by atoms with E-state index in [1.54, 1.807) is 35.4 Å². The van der Waals surface area contributed by atoms with Gasteiger partial charge in [0.05, 0.1) is 18.6 Å². The molecule has 0 bridgehead atoms. The van der Waals surface area contributed by atoms with Crippen molar-refractivity contribution in [2.45, 2.75) is 27.7 Å². The van der Waals surface area contributed by atoms with Crippen molar-refractivity contribution in [3.8, 4) is 11.5 Å². The van der Waals surface area contributed by atoms with Crippen LogP contribution in [0, 0.1) is 16.7 Å². The van der Waals surface area contributed by atoms with E-state index in [0.717, 1.165) is 0 Å². The second kappa shape index (κ2) is 5.08. The average molecular weight is 314 g/mol. The highest BCUT2D eigenvalue weighted by Gasteiger charge is 2.68. The number of pyridine rings is 1. The fourth-order valence-electron chi connectivity index (χ4n) is 3.15. The van der Waals surface area contributed by atoms with Gasteiger partial charge in [-0.25, -0.2) is 4.98 Å². The van der Waals surface area contributed by atoms with Gasteiger partial charge < -0.3 is 10.1 Å². The minimum absolute atomic E-state index is 0.00289. The van der Waals surface area contributed by atoms with Crippen LogP contribution in [0.2, 0.25) is 0 Å². The quantitative estimate of drug-likeness (QED) is 0.940. The third kappa shape index (κ3) is 2.69. The van der Waals surface area contributed by atoms with E-state index in [1.165, 1.54) is 0 Å². The zero-order valence-electron chi connectivity index (χ0n) is 14.1. The van der Waals surface area contributed by atoms with Gasteiger partial charge in [-0.2, -0.15) is 5.10 Å². The van der Waals surface area contributed by atoms with Gasteiger partial charge in [-0.1, -0.05) is 27.7 Å². The lowest BCUT2D eigenvalue weighted by atomic mass is 10.0. The first-order chi connectivity index (χ1) is 10.7. The van der Waals surface area contributed by atoms with Crippen molar-refractivity contribution in [1.82, 2.24) is 14.8 Å². The Morgan fingerprint density at radius 2 is 1.87 bits per heavy atom. The Morgan fingerprint density at radius 1 is 1.17 bits per heavy atom. The van der Waals surface area contributed by atoms with E-state index in [2.05, 4.69) is 43.1 Å². The van der Waals surface area contributed by atoms with E-state index < -0.39 is 0 Å². The minimum atomic E-state index is 0.00289. The second-order valence-electron chi connectivity index (χ2n) is 7.20. The lowest BCUT2D eigenvalue weighted by molar-refractivity contribution is -0.118. The van der Waals surface area contributed by atoms with E-state index in [0.29, 0.717) is 17.3 Å². The van der Waals surface area contributed by atoms with E-state index in [9.17, 15) is 4.79 Å². The Hall–Kier alpha value is -2.37. The molecular formula is C17H22N4O2. The molecule has 3 rings (SSSR count). The summed E-state index contributed by atoms with van der Waals surface area (Å²) in [5.74, 6) is 1.80. The molecule has 0 aromatic carbocycles. The maximum atomic E-state index is 12.4. The van der Waals surface area contributed by atoms with Crippen molar-refractivity contribution >= 4 is 11.7 Å². The molecule has 2 aromatic rings. The zero-order valence-corrected chi connectivity index (χ0v) is 14.1. The first-order valence-electron chi connectivity index (χ1n) is 7.65. The number of amides is 1. The molecule has 2 heterocycles. The molecular weight excluding hydrogens is 292 g/mol. The van der Waals surface area contributed by atoms with Gasteiger partial charge in [0.1, 0.15) is 11.6 Å². The standard InChI is InChI=1S/C17H22N4O2/c1-16(2)14(17(16,3)4)15(22)20-13-7-6-11(8-18-13)23-12-9-19-21(5)10-12/h6-10,14H,1-5H3,(H,18,20,22). The first kappa shape index (κ1) is 15.5. The highest BCUT2D eigenvalue weighted by Crippen LogP contribution is 2.68. The third-order valence-electron chi connectivity index (χ3n) is 5.19. The zero-order chi connectivity index (χ0) is 16.8. The maximum Gasteiger partial charge on any atom is 0.229 e. The van der Waals surface area contributed by atoms with Crippen LogP contribution in [0.5, 0.6) is 11.5 Å². The Balaban J connectivity index is 1.63. The number of ether oxygens (including phenoxy) is 1. The van der Waals surface area contributed by atoms with Gasteiger partial charge in [0, 0.05) is 13.0 Å². The van der Waals surface area contributed by atoms with Crippen molar-refractivity contribution in [1.29, 1.82) is 0 Å². The number of anilines is 1. The van der Waals surface area contributed by atoms with Crippen LogP contribution in [0.4, 0.5) is 5.82 Å². The molecule has 1 amide bonds. The molecule has 6 nitrogen and oxygen atoms in total. The molecule has 0 saturated heterocycles. The van der Waals surface area contributed by atoms with Crippen LogP contribution >= 0.6 is 0 Å². The largest absolute Gasteiger partial charge is 0.452 e. The van der Waals surface area contributed by atoms with E-state index in [-0.39, 0.29) is 22.7 Å². The van der Waals surface area contributed by atoms with Gasteiger partial charge in [0.25, 0.3) is 0 Å². The normalized spacial score (nSPS) is 18.5. The van der Waals surface area contributed by atoms with Gasteiger partial charge in [-0.3, -0.25) is 9.48 Å². The fourth-order valence-corrected chi connectivity index (χ4v) is 3.15. The lowest BCUT2D eigenvalue weighted by Gasteiger charge is -2.07. The van der Waals surface area contributed by atoms with Crippen LogP contribution in [0.1, 0.15) is 27.7 Å². The van der Waals surface area contributed by atoms with Gasteiger partial charge in [-0.05, 0) is 23.0 Å². The molecule has 1 aliphatic carbocycles. The van der Waals surface area contributed by atoms with Crippen LogP contribution in [-0.2, 0) is 11.8 Å². The molecule has 0 spiro atoms. The number of nitrogens with one attached hydrogen (secondary N) is 1. The predicted molar refractivity (Wildman–Crippen MR) is 87.2 cm³/mol. The Kier molecular flexibility index (Phi) is 3.43. The summed E-state index contributed by atoms with van der Waals surface area (Å²) in [6.45, 7) is 8.48. The van der Waals surface area contributed by atoms with Crippen LogP contribution in [0.15, 0.2) is 30.7 Å². The summed E-state index contributed by atoms with van der Waals surface area (Å²) >= 11 is 0. The Morgan fingerprint density at radius 3 is 2.35 bits per heavy atom. The summed E-state index contributed by atoms with van der Waals surface area (Å²) in [5, 5.41) is 6.93. The summed E-state index contributed by atoms with van der Waals surface area (Å²) in [6.07, 6.45) is 4.99. The summed E-state index contributed by atoms with van der Waals surface area (Å²) in [5.41, 5.74) is 0.0287. The molecule has 0 atom stereocenters. The number of carbonyl (C=O) groups excluding carboxylic acids is 1. The molecule has 0 unspecified atom stereocenters. The molecule has 0 aliphatic heterocycles. The molecule has 1 N–H and O–H groups in total. The number of aromatic nitrogens is 3. The Bertz CT molecular complexity index is 717. The summed E-state index contributed by atoms with van der Waals surface area (Å²) in [7, 11) is 1.82. The van der Waals surface area contributed by atoms with Crippen LogP contribution in [0.25, 0.3) is 0 Å². The number of nitrogens with zero attached hydrogens (tertiary/aromatic N) is 3. The highest BCUT2D eigenvalue weighted by atomic mass is 16.5. The highest BCUT2D eigenvalue weighted by molar-refractivity contribution is 5.95. The molecule has 1 aliphatic rings. The van der Waals surface area contributed by atoms with E-state index >= 15 is 0 Å². The fraction of sp³-hybridized carbons (Fsp3) is 0.471. The third-order valence-corrected chi connectivity index (χ3v) is 5.19. The lowest BCUT2D eigenvalue weighted by Crippen LogP contribution is -2.18. The van der Waals surface area contributed by atoms with Gasteiger partial charge in [-0.15, -0.1) is 0 Å². The molecule has 0 radical (unpaired) electrons. The van der Waals surface area contributed by atoms with Crippen molar-refractivity contribution in [2.24, 2.45) is 23.8 Å². The molecule has 1 saturated carbocycles. The molecule has 2 aromatic heterocycles. The van der Waals surface area contributed by atoms with Crippen molar-refractivity contribution in [3.05, 3.63) is 30.7 Å². The van der Waals surface area contributed by atoms with Crippen molar-refractivity contribution < 1.29 is 9.53 Å². The average Bonchev–Trinajstić information content (AvgIpc) is 2.73. The summed E-state index contributed by atoms with van der Waals surface area (Å²) < 4.78 is 7.29.